The molecule has 0 bridgehead atoms. The van der Waals surface area contributed by atoms with E-state index in [1.165, 1.54) is 11.8 Å². The van der Waals surface area contributed by atoms with Gasteiger partial charge in [-0.05, 0) is 47.5 Å². The fraction of sp³-hybridized carbons (Fsp3) is 0.214. The predicted octanol–water partition coefficient (Wildman–Crippen LogP) is 4.60. The Morgan fingerprint density at radius 3 is 2.66 bits per heavy atom. The van der Waals surface area contributed by atoms with Crippen molar-refractivity contribution in [1.82, 2.24) is 5.01 Å². The molecule has 2 amide bonds. The molecule has 10 heteroatoms. The second-order valence-corrected chi connectivity index (χ2v) is 10.1. The number of fused-ring (bicyclic) bond motifs is 1. The van der Waals surface area contributed by atoms with Gasteiger partial charge in [0.2, 0.25) is 12.7 Å². The van der Waals surface area contributed by atoms with Crippen molar-refractivity contribution in [3.8, 4) is 17.2 Å². The second kappa shape index (κ2) is 10.2. The van der Waals surface area contributed by atoms with Crippen molar-refractivity contribution in [2.24, 2.45) is 10.1 Å². The Labute approximate surface area is 223 Å². The normalized spacial score (nSPS) is 19.8. The minimum atomic E-state index is -0.629. The Kier molecular flexibility index (Phi) is 6.47. The van der Waals surface area contributed by atoms with E-state index in [1.807, 2.05) is 59.6 Å². The van der Waals surface area contributed by atoms with Gasteiger partial charge in [0.15, 0.2) is 16.7 Å². The van der Waals surface area contributed by atoms with Crippen molar-refractivity contribution in [2.45, 2.75) is 24.1 Å². The third kappa shape index (κ3) is 4.82. The number of aliphatic imine (C=N–C) groups is 1. The zero-order chi connectivity index (χ0) is 26.1. The molecule has 3 aromatic carbocycles. The zero-order valence-corrected chi connectivity index (χ0v) is 21.3. The SMILES string of the molecule is COc1ccc(C2=NN(C3=NC(=O)[C@H](CC(=O)Nc4ccc5c(c4)OCO5)S3)[C@@H](c3ccccc3)C2)cc1. The molecule has 3 aliphatic rings. The van der Waals surface area contributed by atoms with Gasteiger partial charge >= 0.3 is 0 Å². The van der Waals surface area contributed by atoms with Crippen LogP contribution in [0, 0.1) is 0 Å². The average Bonchev–Trinajstić information content (AvgIpc) is 3.68. The van der Waals surface area contributed by atoms with Gasteiger partial charge in [-0.2, -0.15) is 10.1 Å². The van der Waals surface area contributed by atoms with Crippen LogP contribution in [0.15, 0.2) is 82.9 Å². The van der Waals surface area contributed by atoms with Gasteiger partial charge in [0.25, 0.3) is 5.91 Å². The number of amides is 2. The molecule has 0 spiro atoms. The maximum atomic E-state index is 12.8. The zero-order valence-electron chi connectivity index (χ0n) is 20.5. The molecular formula is C28H24N4O5S. The molecule has 38 heavy (non-hydrogen) atoms. The Hall–Kier alpha value is -4.31. The van der Waals surface area contributed by atoms with Crippen molar-refractivity contribution in [1.29, 1.82) is 0 Å². The number of benzene rings is 3. The van der Waals surface area contributed by atoms with Crippen molar-refractivity contribution >= 4 is 40.1 Å². The van der Waals surface area contributed by atoms with E-state index in [9.17, 15) is 9.59 Å². The minimum Gasteiger partial charge on any atom is -0.497 e. The summed E-state index contributed by atoms with van der Waals surface area (Å²) in [5.41, 5.74) is 3.51. The Balaban J connectivity index is 1.18. The van der Waals surface area contributed by atoms with Crippen molar-refractivity contribution in [2.75, 3.05) is 19.2 Å². The number of anilines is 1. The van der Waals surface area contributed by atoms with Crippen LogP contribution in [0.2, 0.25) is 0 Å². The maximum absolute atomic E-state index is 12.8. The van der Waals surface area contributed by atoms with Gasteiger partial charge in [0.05, 0.1) is 18.9 Å². The monoisotopic (exact) mass is 528 g/mol. The fourth-order valence-electron chi connectivity index (χ4n) is 4.54. The molecule has 3 aliphatic heterocycles. The summed E-state index contributed by atoms with van der Waals surface area (Å²) in [7, 11) is 1.63. The Morgan fingerprint density at radius 2 is 1.87 bits per heavy atom. The first kappa shape index (κ1) is 24.1. The molecule has 0 unspecified atom stereocenters. The van der Waals surface area contributed by atoms with E-state index in [2.05, 4.69) is 10.3 Å². The van der Waals surface area contributed by atoms with E-state index in [1.54, 1.807) is 25.3 Å². The number of hydrazone groups is 1. The smallest absolute Gasteiger partial charge is 0.262 e. The van der Waals surface area contributed by atoms with Crippen LogP contribution in [0.25, 0.3) is 0 Å². The number of rotatable bonds is 6. The quantitative estimate of drug-likeness (QED) is 0.499. The average molecular weight is 529 g/mol. The lowest BCUT2D eigenvalue weighted by Crippen LogP contribution is -2.25. The molecule has 0 fully saturated rings. The number of nitrogens with one attached hydrogen (secondary N) is 1. The molecule has 0 saturated heterocycles. The molecule has 1 N–H and O–H groups in total. The third-order valence-corrected chi connectivity index (χ3v) is 7.61. The molecule has 3 aromatic rings. The van der Waals surface area contributed by atoms with Gasteiger partial charge in [-0.25, -0.2) is 5.01 Å². The summed E-state index contributed by atoms with van der Waals surface area (Å²) >= 11 is 1.27. The number of hydrogen-bond donors (Lipinski definition) is 1. The molecule has 0 radical (unpaired) electrons. The number of hydrogen-bond acceptors (Lipinski definition) is 8. The summed E-state index contributed by atoms with van der Waals surface area (Å²) in [5.74, 6) is 1.36. The number of nitrogens with zero attached hydrogens (tertiary/aromatic N) is 3. The molecule has 0 aromatic heterocycles. The number of ether oxygens (including phenoxy) is 3. The summed E-state index contributed by atoms with van der Waals surface area (Å²) < 4.78 is 16.0. The molecule has 0 saturated carbocycles. The van der Waals surface area contributed by atoms with Crippen molar-refractivity contribution in [3.63, 3.8) is 0 Å². The largest absolute Gasteiger partial charge is 0.497 e. The summed E-state index contributed by atoms with van der Waals surface area (Å²) in [6, 6.07) is 22.8. The summed E-state index contributed by atoms with van der Waals surface area (Å²) in [6.45, 7) is 0.156. The molecule has 2 atom stereocenters. The maximum Gasteiger partial charge on any atom is 0.262 e. The highest BCUT2D eigenvalue weighted by Gasteiger charge is 2.39. The number of carbonyl (C=O) groups excluding carboxylic acids is 2. The second-order valence-electron chi connectivity index (χ2n) is 8.91. The van der Waals surface area contributed by atoms with Crippen LogP contribution in [0.5, 0.6) is 17.2 Å². The van der Waals surface area contributed by atoms with Gasteiger partial charge in [-0.15, -0.1) is 0 Å². The van der Waals surface area contributed by atoms with Crippen LogP contribution in [0.3, 0.4) is 0 Å². The van der Waals surface area contributed by atoms with Crippen LogP contribution >= 0.6 is 11.8 Å². The van der Waals surface area contributed by atoms with E-state index in [0.29, 0.717) is 28.8 Å². The van der Waals surface area contributed by atoms with Gasteiger partial charge in [0.1, 0.15) is 11.0 Å². The van der Waals surface area contributed by atoms with Gasteiger partial charge in [0, 0.05) is 24.6 Å². The topological polar surface area (TPSA) is 102 Å². The highest BCUT2D eigenvalue weighted by Crippen LogP contribution is 2.39. The molecule has 192 valence electrons. The molecular weight excluding hydrogens is 504 g/mol. The number of amidine groups is 1. The first-order chi connectivity index (χ1) is 18.6. The van der Waals surface area contributed by atoms with Crippen LogP contribution < -0.4 is 19.5 Å². The van der Waals surface area contributed by atoms with Crippen LogP contribution in [-0.4, -0.2) is 46.9 Å². The van der Waals surface area contributed by atoms with Gasteiger partial charge in [-0.3, -0.25) is 9.59 Å². The van der Waals surface area contributed by atoms with Crippen LogP contribution in [-0.2, 0) is 9.59 Å². The standard InChI is InChI=1S/C28H24N4O5S/c1-35-20-10-7-17(8-11-20)21-14-22(18-5-3-2-4-6-18)32(31-21)28-30-27(34)25(38-28)15-26(33)29-19-9-12-23-24(13-19)37-16-36-23/h2-13,22,25H,14-16H2,1H3,(H,29,33)/t22-,25+/m1/s1. The van der Waals surface area contributed by atoms with Gasteiger partial charge < -0.3 is 19.5 Å². The lowest BCUT2D eigenvalue weighted by Gasteiger charge is -2.23. The van der Waals surface area contributed by atoms with E-state index in [4.69, 9.17) is 19.3 Å². The summed E-state index contributed by atoms with van der Waals surface area (Å²) in [5, 5.41) is 9.39. The first-order valence-corrected chi connectivity index (χ1v) is 13.0. The summed E-state index contributed by atoms with van der Waals surface area (Å²) in [6.07, 6.45) is 0.642. The number of methoxy groups -OCH3 is 1. The number of carbonyl (C=O) groups is 2. The minimum absolute atomic E-state index is 0.0101. The molecule has 3 heterocycles. The van der Waals surface area contributed by atoms with Gasteiger partial charge in [-0.1, -0.05) is 42.1 Å². The van der Waals surface area contributed by atoms with E-state index in [-0.39, 0.29) is 31.1 Å². The summed E-state index contributed by atoms with van der Waals surface area (Å²) in [4.78, 5) is 29.9. The van der Waals surface area contributed by atoms with Crippen molar-refractivity contribution < 1.29 is 23.8 Å². The Morgan fingerprint density at radius 1 is 1.08 bits per heavy atom. The molecule has 6 rings (SSSR count). The number of thioether (sulfide) groups is 1. The third-order valence-electron chi connectivity index (χ3n) is 6.47. The predicted molar refractivity (Wildman–Crippen MR) is 145 cm³/mol. The molecule has 9 nitrogen and oxygen atoms in total. The van der Waals surface area contributed by atoms with Crippen LogP contribution in [0.4, 0.5) is 5.69 Å². The van der Waals surface area contributed by atoms with Crippen molar-refractivity contribution in [3.05, 3.63) is 83.9 Å². The Bertz CT molecular complexity index is 1440. The van der Waals surface area contributed by atoms with E-state index in [0.717, 1.165) is 22.6 Å². The fourth-order valence-corrected chi connectivity index (χ4v) is 5.60. The van der Waals surface area contributed by atoms with E-state index >= 15 is 0 Å². The molecule has 0 aliphatic carbocycles. The van der Waals surface area contributed by atoms with E-state index < -0.39 is 5.25 Å². The highest BCUT2D eigenvalue weighted by atomic mass is 32.2. The lowest BCUT2D eigenvalue weighted by molar-refractivity contribution is -0.121. The van der Waals surface area contributed by atoms with Crippen LogP contribution in [0.1, 0.15) is 30.0 Å². The first-order valence-electron chi connectivity index (χ1n) is 12.1. The highest BCUT2D eigenvalue weighted by molar-refractivity contribution is 8.15. The lowest BCUT2D eigenvalue weighted by atomic mass is 9.98.